The number of aliphatic hydroxyl groups excluding tert-OH is 2. The molecule has 4 rings (SSSR count). The van der Waals surface area contributed by atoms with Crippen molar-refractivity contribution in [3.63, 3.8) is 0 Å². The Kier molecular flexibility index (Phi) is 4.23. The molecule has 0 bridgehead atoms. The summed E-state index contributed by atoms with van der Waals surface area (Å²) in [7, 11) is -4.33. The van der Waals surface area contributed by atoms with Gasteiger partial charge in [-0.1, -0.05) is 0 Å². The van der Waals surface area contributed by atoms with Gasteiger partial charge < -0.3 is 34.5 Å². The monoisotopic (exact) mass is 386 g/mol. The second kappa shape index (κ2) is 6.32. The van der Waals surface area contributed by atoms with Gasteiger partial charge in [-0.3, -0.25) is 8.97 Å². The minimum atomic E-state index is -4.33. The van der Waals surface area contributed by atoms with E-state index in [1.165, 1.54) is 12.5 Å². The van der Waals surface area contributed by atoms with Gasteiger partial charge in [0.25, 0.3) is 0 Å². The van der Waals surface area contributed by atoms with Crippen molar-refractivity contribution in [2.45, 2.75) is 24.4 Å². The molecule has 0 saturated carbocycles. The van der Waals surface area contributed by atoms with Crippen molar-refractivity contribution in [2.75, 3.05) is 13.0 Å². The average molecular weight is 386 g/mol. The Morgan fingerprint density at radius 1 is 1.35 bits per heavy atom. The molecule has 1 fully saturated rings. The predicted molar refractivity (Wildman–Crippen MR) is 82.9 cm³/mol. The van der Waals surface area contributed by atoms with Crippen LogP contribution < -0.4 is 0 Å². The number of hydrogen-bond donors (Lipinski definition) is 5. The van der Waals surface area contributed by atoms with Crippen LogP contribution in [0.25, 0.3) is 16.9 Å². The minimum absolute atomic E-state index is 0.138. The van der Waals surface area contributed by atoms with Gasteiger partial charge in [-0.05, 0) is 0 Å². The summed E-state index contributed by atoms with van der Waals surface area (Å²) in [5.74, 6) is 0.613. The molecule has 14 heteroatoms. The number of fused-ring (bicyclic) bond motifs is 3. The molecule has 140 valence electrons. The number of nitrogens with zero attached hydrogens (tertiary/aromatic N) is 5. The number of aliphatic hydroxyl groups is 2. The predicted octanol–water partition coefficient (Wildman–Crippen LogP) is -1.69. The van der Waals surface area contributed by atoms with Crippen molar-refractivity contribution < 1.29 is 34.0 Å². The molecule has 26 heavy (non-hydrogen) atoms. The first-order valence-corrected chi connectivity index (χ1v) is 9.31. The molecular weight excluding hydrogens is 371 g/mol. The number of hydrogen-bond acceptors (Lipinski definition) is 9. The molecule has 0 unspecified atom stereocenters. The van der Waals surface area contributed by atoms with Gasteiger partial charge in [-0.25, -0.2) is 9.97 Å². The lowest BCUT2D eigenvalue weighted by Gasteiger charge is -2.14. The van der Waals surface area contributed by atoms with Crippen LogP contribution in [0.2, 0.25) is 0 Å². The highest BCUT2D eigenvalue weighted by Crippen LogP contribution is 2.36. The zero-order valence-electron chi connectivity index (χ0n) is 13.1. The lowest BCUT2D eigenvalue weighted by Crippen LogP contribution is -2.33. The summed E-state index contributed by atoms with van der Waals surface area (Å²) in [6.07, 6.45) is -2.45. The quantitative estimate of drug-likeness (QED) is 0.315. The smallest absolute Gasteiger partial charge is 0.350 e. The van der Waals surface area contributed by atoms with E-state index in [4.69, 9.17) is 19.3 Å². The van der Waals surface area contributed by atoms with Crippen molar-refractivity contribution in [3.8, 4) is 0 Å². The molecule has 5 N–H and O–H groups in total. The van der Waals surface area contributed by atoms with Gasteiger partial charge in [0.15, 0.2) is 11.5 Å². The van der Waals surface area contributed by atoms with E-state index in [1.54, 1.807) is 4.40 Å². The molecule has 0 amide bonds. The summed E-state index contributed by atoms with van der Waals surface area (Å²) in [6, 6.07) is 0. The number of aromatic amines is 1. The first-order chi connectivity index (χ1) is 12.3. The van der Waals surface area contributed by atoms with Crippen molar-refractivity contribution in [1.82, 2.24) is 29.5 Å². The maximum Gasteiger partial charge on any atom is 0.350 e. The number of H-pyrrole nitrogens is 1. The molecule has 1 aliphatic heterocycles. The van der Waals surface area contributed by atoms with Crippen LogP contribution in [0.15, 0.2) is 12.5 Å². The molecule has 4 heterocycles. The first-order valence-electron chi connectivity index (χ1n) is 7.52. The molecule has 4 atom stereocenters. The van der Waals surface area contributed by atoms with Gasteiger partial charge in [-0.15, -0.1) is 10.2 Å². The van der Waals surface area contributed by atoms with Crippen LogP contribution in [0, 0.1) is 0 Å². The van der Waals surface area contributed by atoms with Crippen molar-refractivity contribution >= 4 is 24.5 Å². The van der Waals surface area contributed by atoms with Gasteiger partial charge in [0.1, 0.15) is 42.6 Å². The highest BCUT2D eigenvalue weighted by molar-refractivity contribution is 7.51. The fourth-order valence-corrected chi connectivity index (χ4v) is 3.13. The lowest BCUT2D eigenvalue weighted by atomic mass is 10.1. The van der Waals surface area contributed by atoms with Crippen molar-refractivity contribution in [3.05, 3.63) is 18.3 Å². The van der Waals surface area contributed by atoms with Gasteiger partial charge in [0, 0.05) is 0 Å². The third-order valence-corrected chi connectivity index (χ3v) is 4.50. The molecular formula is C12H15N6O7P. The molecule has 13 nitrogen and oxygen atoms in total. The molecule has 3 aromatic rings. The van der Waals surface area contributed by atoms with E-state index in [1.807, 2.05) is 0 Å². The largest absolute Gasteiger partial charge is 0.387 e. The normalized spacial score (nSPS) is 26.9. The van der Waals surface area contributed by atoms with Gasteiger partial charge in [0.2, 0.25) is 5.78 Å². The van der Waals surface area contributed by atoms with E-state index in [-0.39, 0.29) is 12.4 Å². The SMILES string of the molecule is O=P(O)(O)COC[C@H]1O[C@H](c2ncc3c(n2)[nH]c2nncn23)[C@H](O)[C@@H]1O. The van der Waals surface area contributed by atoms with E-state index in [0.29, 0.717) is 16.9 Å². The van der Waals surface area contributed by atoms with Crippen molar-refractivity contribution in [2.24, 2.45) is 0 Å². The van der Waals surface area contributed by atoms with Crippen LogP contribution in [0.3, 0.4) is 0 Å². The maximum absolute atomic E-state index is 10.8. The Morgan fingerprint density at radius 2 is 2.15 bits per heavy atom. The second-order valence-electron chi connectivity index (χ2n) is 5.85. The molecule has 0 radical (unpaired) electrons. The molecule has 1 saturated heterocycles. The topological polar surface area (TPSA) is 188 Å². The van der Waals surface area contributed by atoms with E-state index in [2.05, 4.69) is 25.1 Å². The number of aromatic nitrogens is 6. The van der Waals surface area contributed by atoms with E-state index in [9.17, 15) is 14.8 Å². The second-order valence-corrected chi connectivity index (χ2v) is 7.44. The van der Waals surface area contributed by atoms with E-state index < -0.39 is 38.4 Å². The van der Waals surface area contributed by atoms with Crippen LogP contribution in [-0.4, -0.2) is 80.8 Å². The van der Waals surface area contributed by atoms with Gasteiger partial charge in [0.05, 0.1) is 12.8 Å². The standard InChI is InChI=1S/C12H15N6O7P/c19-7-6(2-24-4-26(21,22)23)25-9(8(7)20)11-13-1-5-10(15-11)16-12-17-14-3-18(5)12/h1,3,6-9,19-20H,2,4H2,(H2,21,22,23)(H,13,15,16,17)/t6-,7-,8-,9+/m1/s1. The van der Waals surface area contributed by atoms with Crippen LogP contribution >= 0.6 is 7.60 Å². The molecule has 1 aliphatic rings. The zero-order chi connectivity index (χ0) is 18.5. The number of imidazole rings is 1. The number of nitrogens with one attached hydrogen (secondary N) is 1. The van der Waals surface area contributed by atoms with Gasteiger partial charge in [-0.2, -0.15) is 0 Å². The van der Waals surface area contributed by atoms with E-state index >= 15 is 0 Å². The maximum atomic E-state index is 10.8. The highest BCUT2D eigenvalue weighted by Gasteiger charge is 2.45. The van der Waals surface area contributed by atoms with E-state index in [0.717, 1.165) is 0 Å². The number of rotatable bonds is 5. The van der Waals surface area contributed by atoms with Crippen LogP contribution in [0.1, 0.15) is 11.9 Å². The summed E-state index contributed by atoms with van der Waals surface area (Å²) in [4.78, 5) is 28.9. The number of ether oxygens (including phenoxy) is 2. The summed E-state index contributed by atoms with van der Waals surface area (Å²) in [6.45, 7) is -0.302. The molecule has 0 aliphatic carbocycles. The average Bonchev–Trinajstić information content (AvgIpc) is 3.22. The first kappa shape index (κ1) is 17.4. The molecule has 3 aromatic heterocycles. The highest BCUT2D eigenvalue weighted by atomic mass is 31.2. The Bertz CT molecular complexity index is 985. The molecule has 0 spiro atoms. The lowest BCUT2D eigenvalue weighted by molar-refractivity contribution is -0.0408. The third-order valence-electron chi connectivity index (χ3n) is 3.98. The molecule has 0 aromatic carbocycles. The summed E-state index contributed by atoms with van der Waals surface area (Å²) in [5.41, 5.74) is 1.08. The van der Waals surface area contributed by atoms with Gasteiger partial charge >= 0.3 is 7.60 Å². The zero-order valence-corrected chi connectivity index (χ0v) is 14.0. The van der Waals surface area contributed by atoms with Crippen LogP contribution in [0.4, 0.5) is 0 Å². The Hall–Kier alpha value is -1.99. The Labute approximate surface area is 144 Å². The van der Waals surface area contributed by atoms with Crippen molar-refractivity contribution in [1.29, 1.82) is 0 Å². The third kappa shape index (κ3) is 3.10. The van der Waals surface area contributed by atoms with Crippen LogP contribution in [0.5, 0.6) is 0 Å². The minimum Gasteiger partial charge on any atom is -0.387 e. The summed E-state index contributed by atoms with van der Waals surface area (Å²) in [5, 5.41) is 27.9. The Morgan fingerprint density at radius 3 is 2.92 bits per heavy atom. The fourth-order valence-electron chi connectivity index (χ4n) is 2.78. The van der Waals surface area contributed by atoms with Crippen LogP contribution in [-0.2, 0) is 14.0 Å². The fraction of sp³-hybridized carbons (Fsp3) is 0.500. The summed E-state index contributed by atoms with van der Waals surface area (Å²) < 4.78 is 22.8. The summed E-state index contributed by atoms with van der Waals surface area (Å²) >= 11 is 0. The Balaban J connectivity index is 1.53.